The predicted octanol–water partition coefficient (Wildman–Crippen LogP) is 2.27. The third-order valence-corrected chi connectivity index (χ3v) is 3.62. The van der Waals surface area contributed by atoms with Crippen LogP contribution in [0.15, 0.2) is 36.5 Å². The zero-order valence-electron chi connectivity index (χ0n) is 9.91. The molecule has 4 heteroatoms. The number of aromatic nitrogens is 1. The second-order valence-corrected chi connectivity index (χ2v) is 5.35. The maximum Gasteiger partial charge on any atom is 0.224 e. The second-order valence-electron chi connectivity index (χ2n) is 4.62. The van der Waals surface area contributed by atoms with Gasteiger partial charge in [-0.05, 0) is 11.6 Å². The van der Waals surface area contributed by atoms with Crippen molar-refractivity contribution in [2.75, 3.05) is 6.54 Å². The first-order valence-electron chi connectivity index (χ1n) is 6.02. The minimum absolute atomic E-state index is 0.167. The summed E-state index contributed by atoms with van der Waals surface area (Å²) in [5, 5.41) is 1.28. The molecule has 0 saturated carbocycles. The lowest BCUT2D eigenvalue weighted by atomic mass is 10.1. The van der Waals surface area contributed by atoms with Crippen molar-refractivity contribution in [2.24, 2.45) is 0 Å². The molecule has 0 aliphatic carbocycles. The number of thiol groups is 1. The zero-order valence-corrected chi connectivity index (χ0v) is 10.8. The Balaban J connectivity index is 1.93. The molecular weight excluding hydrogens is 244 g/mol. The molecule has 2 heterocycles. The quantitative estimate of drug-likeness (QED) is 0.838. The molecule has 1 amide bonds. The number of fused-ring (bicyclic) bond motifs is 1. The van der Waals surface area contributed by atoms with Crippen LogP contribution in [0.25, 0.3) is 10.9 Å². The van der Waals surface area contributed by atoms with Gasteiger partial charge in [0.25, 0.3) is 0 Å². The van der Waals surface area contributed by atoms with Gasteiger partial charge in [-0.1, -0.05) is 24.3 Å². The number of hydrogen-bond donors (Lipinski definition) is 1. The van der Waals surface area contributed by atoms with Gasteiger partial charge in [-0.15, -0.1) is 0 Å². The molecule has 1 aliphatic rings. The van der Waals surface area contributed by atoms with E-state index < -0.39 is 0 Å². The monoisotopic (exact) mass is 258 g/mol. The summed E-state index contributed by atoms with van der Waals surface area (Å²) in [4.78, 5) is 18.1. The zero-order chi connectivity index (χ0) is 12.5. The molecular formula is C14H14N2OS. The van der Waals surface area contributed by atoms with Crippen LogP contribution in [-0.4, -0.2) is 27.6 Å². The lowest BCUT2D eigenvalue weighted by Gasteiger charge is -2.16. The van der Waals surface area contributed by atoms with Crippen molar-refractivity contribution in [3.8, 4) is 0 Å². The molecule has 0 bridgehead atoms. The van der Waals surface area contributed by atoms with Crippen molar-refractivity contribution < 1.29 is 4.79 Å². The van der Waals surface area contributed by atoms with E-state index in [9.17, 15) is 4.79 Å². The van der Waals surface area contributed by atoms with E-state index >= 15 is 0 Å². The van der Waals surface area contributed by atoms with Crippen LogP contribution in [0.3, 0.4) is 0 Å². The fourth-order valence-electron chi connectivity index (χ4n) is 2.40. The summed E-state index contributed by atoms with van der Waals surface area (Å²) >= 11 is 4.37. The van der Waals surface area contributed by atoms with Crippen LogP contribution in [-0.2, 0) is 11.3 Å². The van der Waals surface area contributed by atoms with Crippen LogP contribution in [0.4, 0.5) is 0 Å². The van der Waals surface area contributed by atoms with Crippen LogP contribution in [0.5, 0.6) is 0 Å². The highest BCUT2D eigenvalue weighted by Crippen LogP contribution is 2.22. The SMILES string of the molecule is O=C1CC(S)CN1Cc1cccc2cccnc12. The van der Waals surface area contributed by atoms with Gasteiger partial charge in [0.15, 0.2) is 0 Å². The maximum absolute atomic E-state index is 11.8. The Hall–Kier alpha value is -1.55. The molecule has 1 saturated heterocycles. The number of rotatable bonds is 2. The van der Waals surface area contributed by atoms with Crippen LogP contribution >= 0.6 is 12.6 Å². The van der Waals surface area contributed by atoms with Gasteiger partial charge in [0.05, 0.1) is 5.52 Å². The molecule has 1 fully saturated rings. The van der Waals surface area contributed by atoms with Crippen molar-refractivity contribution in [1.29, 1.82) is 0 Å². The minimum Gasteiger partial charge on any atom is -0.337 e. The number of benzene rings is 1. The van der Waals surface area contributed by atoms with Gasteiger partial charge >= 0.3 is 0 Å². The van der Waals surface area contributed by atoms with Gasteiger partial charge in [0, 0.05) is 36.3 Å². The average Bonchev–Trinajstić information content (AvgIpc) is 2.68. The molecule has 1 aromatic heterocycles. The molecule has 1 aromatic carbocycles. The predicted molar refractivity (Wildman–Crippen MR) is 74.6 cm³/mol. The first-order chi connectivity index (χ1) is 8.74. The topological polar surface area (TPSA) is 33.2 Å². The van der Waals surface area contributed by atoms with Gasteiger partial charge in [0.2, 0.25) is 5.91 Å². The van der Waals surface area contributed by atoms with Gasteiger partial charge < -0.3 is 4.90 Å². The van der Waals surface area contributed by atoms with E-state index in [1.165, 1.54) is 0 Å². The minimum atomic E-state index is 0.167. The fraction of sp³-hybridized carbons (Fsp3) is 0.286. The van der Waals surface area contributed by atoms with Crippen molar-refractivity contribution in [3.63, 3.8) is 0 Å². The van der Waals surface area contributed by atoms with E-state index in [1.54, 1.807) is 6.20 Å². The first kappa shape index (κ1) is 11.5. The van der Waals surface area contributed by atoms with Crippen LogP contribution in [0, 0.1) is 0 Å². The molecule has 3 nitrogen and oxygen atoms in total. The van der Waals surface area contributed by atoms with E-state index in [4.69, 9.17) is 0 Å². The normalized spacial score (nSPS) is 19.7. The van der Waals surface area contributed by atoms with Gasteiger partial charge in [-0.2, -0.15) is 12.6 Å². The summed E-state index contributed by atoms with van der Waals surface area (Å²) in [6.07, 6.45) is 2.33. The molecule has 0 radical (unpaired) electrons. The van der Waals surface area contributed by atoms with Crippen LogP contribution < -0.4 is 0 Å². The van der Waals surface area contributed by atoms with E-state index in [0.29, 0.717) is 13.0 Å². The van der Waals surface area contributed by atoms with Crippen molar-refractivity contribution in [2.45, 2.75) is 18.2 Å². The Morgan fingerprint density at radius 1 is 1.33 bits per heavy atom. The molecule has 92 valence electrons. The number of carbonyl (C=O) groups excluding carboxylic acids is 1. The highest BCUT2D eigenvalue weighted by Gasteiger charge is 2.27. The number of amides is 1. The number of nitrogens with zero attached hydrogens (tertiary/aromatic N) is 2. The second kappa shape index (κ2) is 4.61. The van der Waals surface area contributed by atoms with E-state index in [1.807, 2.05) is 35.2 Å². The van der Waals surface area contributed by atoms with Gasteiger partial charge in [0.1, 0.15) is 0 Å². The summed E-state index contributed by atoms with van der Waals surface area (Å²) in [5.41, 5.74) is 2.08. The number of likely N-dealkylation sites (tertiary alicyclic amines) is 1. The van der Waals surface area contributed by atoms with E-state index in [2.05, 4.69) is 17.6 Å². The van der Waals surface area contributed by atoms with Crippen molar-refractivity contribution >= 4 is 29.4 Å². The number of hydrogen-bond acceptors (Lipinski definition) is 3. The first-order valence-corrected chi connectivity index (χ1v) is 6.54. The molecule has 1 atom stereocenters. The third-order valence-electron chi connectivity index (χ3n) is 3.27. The summed E-state index contributed by atoms with van der Waals surface area (Å²) in [6.45, 7) is 1.36. The summed E-state index contributed by atoms with van der Waals surface area (Å²) in [5.74, 6) is 0.183. The van der Waals surface area contributed by atoms with Gasteiger partial charge in [-0.3, -0.25) is 9.78 Å². The lowest BCUT2D eigenvalue weighted by molar-refractivity contribution is -0.128. The summed E-state index contributed by atoms with van der Waals surface area (Å²) in [6, 6.07) is 10.1. The largest absolute Gasteiger partial charge is 0.337 e. The van der Waals surface area contributed by atoms with Crippen LogP contribution in [0.2, 0.25) is 0 Å². The lowest BCUT2D eigenvalue weighted by Crippen LogP contribution is -2.24. The van der Waals surface area contributed by atoms with E-state index in [-0.39, 0.29) is 11.2 Å². The van der Waals surface area contributed by atoms with Crippen molar-refractivity contribution in [1.82, 2.24) is 9.88 Å². The smallest absolute Gasteiger partial charge is 0.224 e. The molecule has 0 spiro atoms. The van der Waals surface area contributed by atoms with Gasteiger partial charge in [-0.25, -0.2) is 0 Å². The number of pyridine rings is 1. The Kier molecular flexibility index (Phi) is 2.96. The fourth-order valence-corrected chi connectivity index (χ4v) is 2.76. The molecule has 3 rings (SSSR count). The highest BCUT2D eigenvalue weighted by atomic mass is 32.1. The standard InChI is InChI=1S/C14H14N2OS/c17-13-7-12(18)9-16(13)8-11-4-1-3-10-5-2-6-15-14(10)11/h1-6,12,18H,7-9H2. The summed E-state index contributed by atoms with van der Waals surface area (Å²) in [7, 11) is 0. The maximum atomic E-state index is 11.8. The van der Waals surface area contributed by atoms with E-state index in [0.717, 1.165) is 23.0 Å². The Labute approximate surface area is 111 Å². The molecule has 1 aliphatic heterocycles. The highest BCUT2D eigenvalue weighted by molar-refractivity contribution is 7.81. The molecule has 0 N–H and O–H groups in total. The van der Waals surface area contributed by atoms with Crippen molar-refractivity contribution in [3.05, 3.63) is 42.1 Å². The Bertz CT molecular complexity index is 594. The van der Waals surface area contributed by atoms with Crippen LogP contribution in [0.1, 0.15) is 12.0 Å². The third kappa shape index (κ3) is 2.08. The molecule has 18 heavy (non-hydrogen) atoms. The Morgan fingerprint density at radius 2 is 2.17 bits per heavy atom. The molecule has 1 unspecified atom stereocenters. The summed E-state index contributed by atoms with van der Waals surface area (Å²) < 4.78 is 0. The number of carbonyl (C=O) groups is 1. The number of para-hydroxylation sites is 1. The Morgan fingerprint density at radius 3 is 2.94 bits per heavy atom. The average molecular weight is 258 g/mol. The molecule has 2 aromatic rings.